The number of amides is 1. The smallest absolute Gasteiger partial charge is 0.230 e. The van der Waals surface area contributed by atoms with Crippen LogP contribution in [-0.4, -0.2) is 12.5 Å². The van der Waals surface area contributed by atoms with E-state index in [9.17, 15) is 4.79 Å². The van der Waals surface area contributed by atoms with Crippen molar-refractivity contribution >= 4 is 11.6 Å². The average Bonchev–Trinajstić information content (AvgIpc) is 2.75. The molecular weight excluding hydrogens is 386 g/mol. The summed E-state index contributed by atoms with van der Waals surface area (Å²) in [4.78, 5) is 12.8. The first kappa shape index (κ1) is 22.4. The van der Waals surface area contributed by atoms with E-state index in [2.05, 4.69) is 30.4 Å². The van der Waals surface area contributed by atoms with Gasteiger partial charge >= 0.3 is 0 Å². The maximum Gasteiger partial charge on any atom is 0.230 e. The Labute approximate surface area is 185 Å². The van der Waals surface area contributed by atoms with Gasteiger partial charge in [-0.1, -0.05) is 44.2 Å². The van der Waals surface area contributed by atoms with E-state index in [0.29, 0.717) is 6.61 Å². The predicted molar refractivity (Wildman–Crippen MR) is 126 cm³/mol. The molecule has 0 bridgehead atoms. The van der Waals surface area contributed by atoms with Crippen molar-refractivity contribution in [2.75, 3.05) is 11.9 Å². The number of ether oxygens (including phenoxy) is 2. The molecule has 1 N–H and O–H groups in total. The van der Waals surface area contributed by atoms with Gasteiger partial charge in [-0.05, 0) is 80.3 Å². The molecule has 3 aromatic carbocycles. The van der Waals surface area contributed by atoms with Crippen molar-refractivity contribution in [1.29, 1.82) is 0 Å². The summed E-state index contributed by atoms with van der Waals surface area (Å²) in [6.07, 6.45) is 1.54. The summed E-state index contributed by atoms with van der Waals surface area (Å²) in [6.45, 7) is 8.62. The Morgan fingerprint density at radius 1 is 0.903 bits per heavy atom. The minimum absolute atomic E-state index is 0.00374. The van der Waals surface area contributed by atoms with Crippen LogP contribution in [0.15, 0.2) is 72.8 Å². The van der Waals surface area contributed by atoms with Gasteiger partial charge in [0.2, 0.25) is 5.91 Å². The quantitative estimate of drug-likeness (QED) is 0.384. The second kappa shape index (κ2) is 10.2. The first-order chi connectivity index (χ1) is 14.8. The first-order valence-electron chi connectivity index (χ1n) is 10.7. The minimum atomic E-state index is -0.496. The molecule has 4 heteroatoms. The SMILES string of the molecule is Cc1ccc(C)c(OCCCC(C)(C)C(=O)Nc2ccc(Oc3ccccc3)cc2)c1. The molecule has 0 saturated carbocycles. The summed E-state index contributed by atoms with van der Waals surface area (Å²) in [6, 6.07) is 23.2. The Kier molecular flexibility index (Phi) is 7.35. The standard InChI is InChI=1S/C27H31NO3/c1-20-11-12-21(2)25(19-20)30-18-8-17-27(3,4)26(29)28-22-13-15-24(16-14-22)31-23-9-6-5-7-10-23/h5-7,9-16,19H,8,17-18H2,1-4H3,(H,28,29). The van der Waals surface area contributed by atoms with E-state index in [4.69, 9.17) is 9.47 Å². The fourth-order valence-corrected chi connectivity index (χ4v) is 3.20. The summed E-state index contributed by atoms with van der Waals surface area (Å²) >= 11 is 0. The molecule has 3 rings (SSSR count). The van der Waals surface area contributed by atoms with Crippen LogP contribution in [0.4, 0.5) is 5.69 Å². The lowest BCUT2D eigenvalue weighted by molar-refractivity contribution is -0.124. The Morgan fingerprint density at radius 3 is 2.29 bits per heavy atom. The summed E-state index contributed by atoms with van der Waals surface area (Å²) in [7, 11) is 0. The number of carbonyl (C=O) groups is 1. The number of para-hydroxylation sites is 1. The molecule has 0 aliphatic carbocycles. The zero-order valence-corrected chi connectivity index (χ0v) is 18.8. The van der Waals surface area contributed by atoms with Gasteiger partial charge in [0.15, 0.2) is 0 Å². The monoisotopic (exact) mass is 417 g/mol. The van der Waals surface area contributed by atoms with Gasteiger partial charge in [0.25, 0.3) is 0 Å². The van der Waals surface area contributed by atoms with Crippen molar-refractivity contribution in [3.05, 3.63) is 83.9 Å². The Morgan fingerprint density at radius 2 is 1.58 bits per heavy atom. The van der Waals surface area contributed by atoms with Gasteiger partial charge in [0, 0.05) is 11.1 Å². The first-order valence-corrected chi connectivity index (χ1v) is 10.7. The molecule has 4 nitrogen and oxygen atoms in total. The second-order valence-electron chi connectivity index (χ2n) is 8.50. The molecule has 1 amide bonds. The number of hydrogen-bond acceptors (Lipinski definition) is 3. The van der Waals surface area contributed by atoms with Gasteiger partial charge in [-0.3, -0.25) is 4.79 Å². The Bertz CT molecular complexity index is 995. The maximum atomic E-state index is 12.8. The van der Waals surface area contributed by atoms with E-state index >= 15 is 0 Å². The molecular formula is C27H31NO3. The van der Waals surface area contributed by atoms with E-state index in [1.54, 1.807) is 0 Å². The molecule has 0 unspecified atom stereocenters. The van der Waals surface area contributed by atoms with Crippen LogP contribution in [0.2, 0.25) is 0 Å². The molecule has 0 fully saturated rings. The lowest BCUT2D eigenvalue weighted by atomic mass is 9.87. The van der Waals surface area contributed by atoms with Crippen LogP contribution in [0.25, 0.3) is 0 Å². The molecule has 3 aromatic rings. The topological polar surface area (TPSA) is 47.6 Å². The maximum absolute atomic E-state index is 12.8. The highest BCUT2D eigenvalue weighted by Gasteiger charge is 2.27. The zero-order chi connectivity index (χ0) is 22.3. The highest BCUT2D eigenvalue weighted by Crippen LogP contribution is 2.27. The lowest BCUT2D eigenvalue weighted by Gasteiger charge is -2.24. The predicted octanol–water partition coefficient (Wildman–Crippen LogP) is 6.92. The fourth-order valence-electron chi connectivity index (χ4n) is 3.20. The van der Waals surface area contributed by atoms with Crippen molar-refractivity contribution in [3.63, 3.8) is 0 Å². The van der Waals surface area contributed by atoms with E-state index in [0.717, 1.165) is 41.3 Å². The summed E-state index contributed by atoms with van der Waals surface area (Å²) in [5.74, 6) is 2.42. The van der Waals surface area contributed by atoms with E-state index in [1.165, 1.54) is 5.56 Å². The van der Waals surface area contributed by atoms with E-state index in [-0.39, 0.29) is 5.91 Å². The third kappa shape index (κ3) is 6.61. The van der Waals surface area contributed by atoms with Gasteiger partial charge < -0.3 is 14.8 Å². The van der Waals surface area contributed by atoms with Gasteiger partial charge in [0.05, 0.1) is 6.61 Å². The number of aryl methyl sites for hydroxylation is 2. The second-order valence-corrected chi connectivity index (χ2v) is 8.50. The van der Waals surface area contributed by atoms with Crippen LogP contribution in [0.1, 0.15) is 37.8 Å². The molecule has 162 valence electrons. The molecule has 31 heavy (non-hydrogen) atoms. The lowest BCUT2D eigenvalue weighted by Crippen LogP contribution is -2.31. The molecule has 0 atom stereocenters. The third-order valence-corrected chi connectivity index (χ3v) is 5.25. The number of benzene rings is 3. The molecule has 0 heterocycles. The number of carbonyl (C=O) groups excluding carboxylic acids is 1. The number of rotatable bonds is 9. The third-order valence-electron chi connectivity index (χ3n) is 5.25. The molecule has 0 saturated heterocycles. The highest BCUT2D eigenvalue weighted by molar-refractivity contribution is 5.94. The van der Waals surface area contributed by atoms with Gasteiger partial charge in [0.1, 0.15) is 17.2 Å². The minimum Gasteiger partial charge on any atom is -0.493 e. The zero-order valence-electron chi connectivity index (χ0n) is 18.8. The fraction of sp³-hybridized carbons (Fsp3) is 0.296. The Balaban J connectivity index is 1.47. The summed E-state index contributed by atoms with van der Waals surface area (Å²) < 4.78 is 11.7. The van der Waals surface area contributed by atoms with Crippen LogP contribution < -0.4 is 14.8 Å². The van der Waals surface area contributed by atoms with Crippen LogP contribution in [0, 0.1) is 19.3 Å². The molecule has 0 spiro atoms. The summed E-state index contributed by atoms with van der Waals surface area (Å²) in [5, 5.41) is 3.01. The van der Waals surface area contributed by atoms with Crippen LogP contribution in [0.3, 0.4) is 0 Å². The van der Waals surface area contributed by atoms with Crippen molar-refractivity contribution in [1.82, 2.24) is 0 Å². The van der Waals surface area contributed by atoms with Crippen molar-refractivity contribution in [3.8, 4) is 17.2 Å². The van der Waals surface area contributed by atoms with Gasteiger partial charge in [-0.15, -0.1) is 0 Å². The molecule has 0 radical (unpaired) electrons. The molecule has 0 aromatic heterocycles. The van der Waals surface area contributed by atoms with Gasteiger partial charge in [-0.25, -0.2) is 0 Å². The summed E-state index contributed by atoms with van der Waals surface area (Å²) in [5.41, 5.74) is 2.57. The van der Waals surface area contributed by atoms with Crippen molar-refractivity contribution < 1.29 is 14.3 Å². The average molecular weight is 418 g/mol. The molecule has 0 aliphatic rings. The normalized spacial score (nSPS) is 11.1. The Hall–Kier alpha value is -3.27. The van der Waals surface area contributed by atoms with E-state index < -0.39 is 5.41 Å². The van der Waals surface area contributed by atoms with Crippen LogP contribution in [0.5, 0.6) is 17.2 Å². The van der Waals surface area contributed by atoms with Crippen molar-refractivity contribution in [2.45, 2.75) is 40.5 Å². The highest BCUT2D eigenvalue weighted by atomic mass is 16.5. The number of anilines is 1. The van der Waals surface area contributed by atoms with Crippen LogP contribution in [-0.2, 0) is 4.79 Å². The van der Waals surface area contributed by atoms with E-state index in [1.807, 2.05) is 75.4 Å². The molecule has 0 aliphatic heterocycles. The largest absolute Gasteiger partial charge is 0.493 e. The number of nitrogens with one attached hydrogen (secondary N) is 1. The number of hydrogen-bond donors (Lipinski definition) is 1. The van der Waals surface area contributed by atoms with Gasteiger partial charge in [-0.2, -0.15) is 0 Å². The van der Waals surface area contributed by atoms with Crippen molar-refractivity contribution in [2.24, 2.45) is 5.41 Å². The van der Waals surface area contributed by atoms with Crippen LogP contribution >= 0.6 is 0 Å².